The lowest BCUT2D eigenvalue weighted by molar-refractivity contribution is -0.0511. The molecule has 0 saturated carbocycles. The molecule has 4 aromatic rings. The molecule has 0 aliphatic carbocycles. The summed E-state index contributed by atoms with van der Waals surface area (Å²) in [6.07, 6.45) is 0.172. The van der Waals surface area contributed by atoms with Crippen LogP contribution >= 0.6 is 0 Å². The number of aliphatic hydroxyl groups is 5. The average Bonchev–Trinajstić information content (AvgIpc) is 3.66. The van der Waals surface area contributed by atoms with Crippen LogP contribution in [-0.2, 0) is 9.47 Å². The summed E-state index contributed by atoms with van der Waals surface area (Å²) in [6.45, 7) is -0.611. The summed E-state index contributed by atoms with van der Waals surface area (Å²) in [5.74, 6) is 0.520. The summed E-state index contributed by atoms with van der Waals surface area (Å²) in [7, 11) is 0. The number of nitrogens with zero attached hydrogens (tertiary/aromatic N) is 8. The van der Waals surface area contributed by atoms with Gasteiger partial charge in [-0.25, -0.2) is 29.9 Å². The maximum atomic E-state index is 9.95. The maximum absolute atomic E-state index is 9.95. The highest BCUT2D eigenvalue weighted by Crippen LogP contribution is 2.32. The SMILES string of the molecule is Nc1ncnc2c1ncn2[C@@H]1O[C@H](CO)C(O)[C@H]1O.Nc1ncnc2c1ncn2[C@H]1CC(O)[C@@H](CO)O1. The molecule has 37 heavy (non-hydrogen) atoms. The van der Waals surface area contributed by atoms with Gasteiger partial charge in [0.1, 0.15) is 54.3 Å². The fourth-order valence-corrected chi connectivity index (χ4v) is 4.30. The molecule has 0 radical (unpaired) electrons. The first-order valence-electron chi connectivity index (χ1n) is 11.3. The Labute approximate surface area is 208 Å². The normalized spacial score (nSPS) is 29.6. The Morgan fingerprint density at radius 2 is 1.32 bits per heavy atom. The van der Waals surface area contributed by atoms with Gasteiger partial charge in [-0.05, 0) is 0 Å². The van der Waals surface area contributed by atoms with Gasteiger partial charge < -0.3 is 46.5 Å². The van der Waals surface area contributed by atoms with Crippen LogP contribution in [0.15, 0.2) is 25.3 Å². The van der Waals surface area contributed by atoms with Crippen LogP contribution in [0.1, 0.15) is 18.9 Å². The Morgan fingerprint density at radius 1 is 0.757 bits per heavy atom. The minimum absolute atomic E-state index is 0.218. The Kier molecular flexibility index (Phi) is 6.82. The van der Waals surface area contributed by atoms with Crippen molar-refractivity contribution in [1.82, 2.24) is 39.0 Å². The van der Waals surface area contributed by atoms with E-state index in [1.54, 1.807) is 10.9 Å². The quantitative estimate of drug-likeness (QED) is 0.143. The van der Waals surface area contributed by atoms with Crippen LogP contribution in [0.5, 0.6) is 0 Å². The van der Waals surface area contributed by atoms with Crippen LogP contribution in [0.3, 0.4) is 0 Å². The predicted octanol–water partition coefficient (Wildman–Crippen LogP) is -2.93. The Morgan fingerprint density at radius 3 is 1.86 bits per heavy atom. The van der Waals surface area contributed by atoms with E-state index in [-0.39, 0.29) is 12.4 Å². The number of rotatable bonds is 4. The number of imidazole rings is 2. The maximum Gasteiger partial charge on any atom is 0.167 e. The molecule has 6 heterocycles. The van der Waals surface area contributed by atoms with Crippen LogP contribution in [0.25, 0.3) is 22.3 Å². The highest BCUT2D eigenvalue weighted by Gasteiger charge is 2.44. The van der Waals surface area contributed by atoms with E-state index in [1.807, 2.05) is 0 Å². The number of ether oxygens (including phenoxy) is 2. The van der Waals surface area contributed by atoms with E-state index in [4.69, 9.17) is 31.2 Å². The molecule has 4 aromatic heterocycles. The third kappa shape index (κ3) is 4.42. The van der Waals surface area contributed by atoms with Crippen LogP contribution in [0, 0.1) is 0 Å². The molecule has 198 valence electrons. The van der Waals surface area contributed by atoms with Gasteiger partial charge in [-0.15, -0.1) is 0 Å². The van der Waals surface area contributed by atoms with Crippen LogP contribution < -0.4 is 11.5 Å². The number of anilines is 2. The molecule has 2 fully saturated rings. The fourth-order valence-electron chi connectivity index (χ4n) is 4.30. The molecule has 9 N–H and O–H groups in total. The zero-order valence-corrected chi connectivity index (χ0v) is 19.3. The number of hydrogen-bond donors (Lipinski definition) is 7. The minimum Gasteiger partial charge on any atom is -0.394 e. The molecule has 0 bridgehead atoms. The lowest BCUT2D eigenvalue weighted by atomic mass is 10.1. The number of nitrogens with two attached hydrogens (primary N) is 2. The summed E-state index contributed by atoms with van der Waals surface area (Å²) in [4.78, 5) is 24.0. The van der Waals surface area contributed by atoms with Gasteiger partial charge in [0.2, 0.25) is 0 Å². The molecule has 0 amide bonds. The summed E-state index contributed by atoms with van der Waals surface area (Å²) in [5, 5.41) is 47.5. The van der Waals surface area contributed by atoms with Gasteiger partial charge in [-0.1, -0.05) is 0 Å². The van der Waals surface area contributed by atoms with Gasteiger partial charge in [-0.2, -0.15) is 0 Å². The third-order valence-electron chi connectivity index (χ3n) is 6.26. The number of fused-ring (bicyclic) bond motifs is 2. The Bertz CT molecular complexity index is 1380. The second-order valence-corrected chi connectivity index (χ2v) is 8.51. The molecule has 0 aromatic carbocycles. The highest BCUT2D eigenvalue weighted by atomic mass is 16.6. The van der Waals surface area contributed by atoms with E-state index in [2.05, 4.69) is 29.9 Å². The minimum atomic E-state index is -1.19. The summed E-state index contributed by atoms with van der Waals surface area (Å²) in [6, 6.07) is 0. The lowest BCUT2D eigenvalue weighted by Gasteiger charge is -2.16. The van der Waals surface area contributed by atoms with E-state index < -0.39 is 49.6 Å². The van der Waals surface area contributed by atoms with E-state index in [1.165, 1.54) is 23.5 Å². The van der Waals surface area contributed by atoms with Crippen molar-refractivity contribution < 1.29 is 35.0 Å². The van der Waals surface area contributed by atoms with Crippen molar-refractivity contribution in [3.63, 3.8) is 0 Å². The first-order valence-corrected chi connectivity index (χ1v) is 11.3. The second-order valence-electron chi connectivity index (χ2n) is 8.51. The van der Waals surface area contributed by atoms with E-state index in [9.17, 15) is 15.3 Å². The largest absolute Gasteiger partial charge is 0.394 e. The lowest BCUT2D eigenvalue weighted by Crippen LogP contribution is -2.33. The van der Waals surface area contributed by atoms with E-state index in [0.717, 1.165) is 0 Å². The molecule has 7 atom stereocenters. The van der Waals surface area contributed by atoms with Crippen molar-refractivity contribution in [3.05, 3.63) is 25.3 Å². The van der Waals surface area contributed by atoms with Crippen molar-refractivity contribution in [1.29, 1.82) is 0 Å². The molecule has 2 saturated heterocycles. The number of hydrogen-bond acceptors (Lipinski definition) is 15. The van der Waals surface area contributed by atoms with Gasteiger partial charge in [0.25, 0.3) is 0 Å². The van der Waals surface area contributed by atoms with Crippen molar-refractivity contribution in [3.8, 4) is 0 Å². The van der Waals surface area contributed by atoms with Gasteiger partial charge >= 0.3 is 0 Å². The first-order chi connectivity index (χ1) is 17.8. The van der Waals surface area contributed by atoms with Gasteiger partial charge in [0.05, 0.1) is 32.0 Å². The third-order valence-corrected chi connectivity index (χ3v) is 6.26. The van der Waals surface area contributed by atoms with E-state index in [0.29, 0.717) is 34.6 Å². The van der Waals surface area contributed by atoms with Crippen LogP contribution in [0.2, 0.25) is 0 Å². The smallest absolute Gasteiger partial charge is 0.167 e. The summed E-state index contributed by atoms with van der Waals surface area (Å²) >= 11 is 0. The van der Waals surface area contributed by atoms with Gasteiger partial charge in [0, 0.05) is 6.42 Å². The zero-order valence-electron chi connectivity index (χ0n) is 19.3. The number of aliphatic hydroxyl groups excluding tert-OH is 5. The van der Waals surface area contributed by atoms with Gasteiger partial charge in [-0.3, -0.25) is 9.13 Å². The molecule has 2 unspecified atom stereocenters. The fraction of sp³-hybridized carbons (Fsp3) is 0.500. The molecular weight excluding hydrogens is 492 g/mol. The molecule has 6 rings (SSSR count). The monoisotopic (exact) mass is 518 g/mol. The van der Waals surface area contributed by atoms with Crippen LogP contribution in [0.4, 0.5) is 11.6 Å². The highest BCUT2D eigenvalue weighted by molar-refractivity contribution is 5.81. The molecule has 2 aliphatic heterocycles. The molecule has 17 nitrogen and oxygen atoms in total. The van der Waals surface area contributed by atoms with E-state index >= 15 is 0 Å². The number of aromatic nitrogens is 8. The number of nitrogen functional groups attached to an aromatic ring is 2. The molecule has 0 spiro atoms. The van der Waals surface area contributed by atoms with Crippen LogP contribution in [-0.4, -0.2) is 108 Å². The molecule has 2 aliphatic rings. The standard InChI is InChI=1S/C10H13N5O4.C10H13N5O3/c11-8-5-9(13-2-12-8)15(3-14-5)10-7(18)6(17)4(1-16)19-10;11-9-8-10(13-3-12-9)15(4-14-8)7-1-5(17)6(2-16)18-7/h2-4,6-7,10,16-18H,1H2,(H2,11,12,13);3-7,16-17H,1-2H2,(H2,11,12,13)/t4-,6?,7-,10-;5?,6-,7-/m11/s1. The Hall–Kier alpha value is -3.58. The molecular formula is C20H26N10O7. The molecule has 17 heteroatoms. The second kappa shape index (κ2) is 10.1. The Balaban J connectivity index is 0.000000152. The first kappa shape index (κ1) is 25.1. The van der Waals surface area contributed by atoms with Crippen molar-refractivity contribution in [2.24, 2.45) is 0 Å². The average molecular weight is 518 g/mol. The summed E-state index contributed by atoms with van der Waals surface area (Å²) < 4.78 is 14.1. The van der Waals surface area contributed by atoms with Crippen molar-refractivity contribution >= 4 is 34.0 Å². The zero-order chi connectivity index (χ0) is 26.3. The topological polar surface area (TPSA) is 259 Å². The van der Waals surface area contributed by atoms with Gasteiger partial charge in [0.15, 0.2) is 29.2 Å². The summed E-state index contributed by atoms with van der Waals surface area (Å²) in [5.41, 5.74) is 13.2. The van der Waals surface area contributed by atoms with Crippen molar-refractivity contribution in [2.75, 3.05) is 24.7 Å². The van der Waals surface area contributed by atoms with Crippen molar-refractivity contribution in [2.45, 2.75) is 49.4 Å². The predicted molar refractivity (Wildman–Crippen MR) is 124 cm³/mol.